The van der Waals surface area contributed by atoms with Gasteiger partial charge in [0.05, 0.1) is 7.11 Å². The minimum absolute atomic E-state index is 0.0435. The van der Waals surface area contributed by atoms with Gasteiger partial charge in [-0.25, -0.2) is 0 Å². The Balaban J connectivity index is 1.51. The van der Waals surface area contributed by atoms with Gasteiger partial charge in [-0.2, -0.15) is 0 Å². The molecule has 2 aromatic rings. The van der Waals surface area contributed by atoms with Crippen molar-refractivity contribution in [2.24, 2.45) is 0 Å². The number of benzene rings is 2. The number of carbonyl (C=O) groups excluding carboxylic acids is 1. The normalized spacial score (nSPS) is 14.3. The van der Waals surface area contributed by atoms with Crippen LogP contribution in [0, 0.1) is 13.8 Å². The van der Waals surface area contributed by atoms with Gasteiger partial charge in [-0.1, -0.05) is 18.2 Å². The average molecular weight is 354 g/mol. The molecule has 0 N–H and O–H groups in total. The standard InChI is InChI=1S/C21H26N2O3/c1-16-5-4-6-17(2)21(16)26-15-20(24)23-13-11-22(12-14-23)18-7-9-19(25-3)10-8-18/h4-10H,11-15H2,1-3H3. The summed E-state index contributed by atoms with van der Waals surface area (Å²) in [6.07, 6.45) is 0. The zero-order valence-corrected chi connectivity index (χ0v) is 15.7. The molecule has 26 heavy (non-hydrogen) atoms. The molecule has 0 atom stereocenters. The van der Waals surface area contributed by atoms with Crippen LogP contribution in [0.2, 0.25) is 0 Å². The van der Waals surface area contributed by atoms with Crippen molar-refractivity contribution in [1.29, 1.82) is 0 Å². The van der Waals surface area contributed by atoms with E-state index in [-0.39, 0.29) is 12.5 Å². The highest BCUT2D eigenvalue weighted by molar-refractivity contribution is 5.78. The number of nitrogens with zero attached hydrogens (tertiary/aromatic N) is 2. The van der Waals surface area contributed by atoms with E-state index in [1.807, 2.05) is 49.1 Å². The van der Waals surface area contributed by atoms with Crippen LogP contribution < -0.4 is 14.4 Å². The molecule has 3 rings (SSSR count). The second-order valence-electron chi connectivity index (χ2n) is 6.58. The largest absolute Gasteiger partial charge is 0.497 e. The van der Waals surface area contributed by atoms with Crippen LogP contribution >= 0.6 is 0 Å². The van der Waals surface area contributed by atoms with Crippen molar-refractivity contribution < 1.29 is 14.3 Å². The number of amides is 1. The van der Waals surface area contributed by atoms with E-state index in [1.54, 1.807) is 7.11 Å². The third kappa shape index (κ3) is 4.10. The Labute approximate surface area is 155 Å². The van der Waals surface area contributed by atoms with Crippen LogP contribution in [0.15, 0.2) is 42.5 Å². The van der Waals surface area contributed by atoms with Gasteiger partial charge in [0.15, 0.2) is 6.61 Å². The van der Waals surface area contributed by atoms with Gasteiger partial charge in [-0.05, 0) is 49.2 Å². The van der Waals surface area contributed by atoms with Gasteiger partial charge in [-0.15, -0.1) is 0 Å². The van der Waals surface area contributed by atoms with Crippen LogP contribution in [0.4, 0.5) is 5.69 Å². The first-order valence-electron chi connectivity index (χ1n) is 8.94. The minimum atomic E-state index is 0.0435. The number of ether oxygens (including phenoxy) is 2. The number of hydrogen-bond acceptors (Lipinski definition) is 4. The number of piperazine rings is 1. The molecule has 0 aromatic heterocycles. The predicted molar refractivity (Wildman–Crippen MR) is 103 cm³/mol. The Morgan fingerprint density at radius 1 is 0.962 bits per heavy atom. The lowest BCUT2D eigenvalue weighted by atomic mass is 10.1. The summed E-state index contributed by atoms with van der Waals surface area (Å²) in [5, 5.41) is 0. The highest BCUT2D eigenvalue weighted by Gasteiger charge is 2.22. The SMILES string of the molecule is COc1ccc(N2CCN(C(=O)COc3c(C)cccc3C)CC2)cc1. The number of carbonyl (C=O) groups is 1. The summed E-state index contributed by atoms with van der Waals surface area (Å²) >= 11 is 0. The topological polar surface area (TPSA) is 42.0 Å². The Bertz CT molecular complexity index is 730. The molecule has 138 valence electrons. The second-order valence-corrected chi connectivity index (χ2v) is 6.58. The van der Waals surface area contributed by atoms with E-state index in [1.165, 1.54) is 0 Å². The molecule has 1 aliphatic heterocycles. The molecule has 0 bridgehead atoms. The highest BCUT2D eigenvalue weighted by Crippen LogP contribution is 2.23. The van der Waals surface area contributed by atoms with Gasteiger partial charge in [0.2, 0.25) is 0 Å². The summed E-state index contributed by atoms with van der Waals surface area (Å²) in [5.41, 5.74) is 3.27. The molecule has 1 fully saturated rings. The fourth-order valence-electron chi connectivity index (χ4n) is 3.26. The average Bonchev–Trinajstić information content (AvgIpc) is 2.67. The molecule has 2 aromatic carbocycles. The molecule has 0 spiro atoms. The Hall–Kier alpha value is -2.69. The Morgan fingerprint density at radius 3 is 2.15 bits per heavy atom. The van der Waals surface area contributed by atoms with E-state index in [4.69, 9.17) is 9.47 Å². The number of hydrogen-bond donors (Lipinski definition) is 0. The van der Waals surface area contributed by atoms with Crippen molar-refractivity contribution in [2.75, 3.05) is 44.8 Å². The molecule has 1 amide bonds. The molecular formula is C21H26N2O3. The number of methoxy groups -OCH3 is 1. The molecule has 0 saturated carbocycles. The van der Waals surface area contributed by atoms with Gasteiger partial charge in [-0.3, -0.25) is 4.79 Å². The minimum Gasteiger partial charge on any atom is -0.497 e. The molecule has 5 heteroatoms. The van der Waals surface area contributed by atoms with Crippen LogP contribution in [-0.2, 0) is 4.79 Å². The first kappa shape index (κ1) is 18.1. The fraction of sp³-hybridized carbons (Fsp3) is 0.381. The summed E-state index contributed by atoms with van der Waals surface area (Å²) in [6.45, 7) is 7.15. The van der Waals surface area contributed by atoms with Gasteiger partial charge < -0.3 is 19.3 Å². The van der Waals surface area contributed by atoms with Crippen molar-refractivity contribution in [3.05, 3.63) is 53.6 Å². The molecule has 5 nitrogen and oxygen atoms in total. The van der Waals surface area contributed by atoms with E-state index < -0.39 is 0 Å². The van der Waals surface area contributed by atoms with Crippen molar-refractivity contribution in [1.82, 2.24) is 4.90 Å². The summed E-state index contributed by atoms with van der Waals surface area (Å²) in [7, 11) is 1.67. The van der Waals surface area contributed by atoms with E-state index in [2.05, 4.69) is 17.0 Å². The Morgan fingerprint density at radius 2 is 1.58 bits per heavy atom. The summed E-state index contributed by atoms with van der Waals surface area (Å²) in [5.74, 6) is 1.71. The first-order chi connectivity index (χ1) is 12.6. The van der Waals surface area contributed by atoms with Crippen LogP contribution in [0.3, 0.4) is 0 Å². The monoisotopic (exact) mass is 354 g/mol. The van der Waals surface area contributed by atoms with Gasteiger partial charge >= 0.3 is 0 Å². The van der Waals surface area contributed by atoms with Gasteiger partial charge in [0.1, 0.15) is 11.5 Å². The predicted octanol–water partition coefficient (Wildman–Crippen LogP) is 3.04. The maximum atomic E-state index is 12.5. The van der Waals surface area contributed by atoms with Crippen LogP contribution in [-0.4, -0.2) is 50.7 Å². The molecule has 1 aliphatic rings. The lowest BCUT2D eigenvalue weighted by Crippen LogP contribution is -2.50. The molecular weight excluding hydrogens is 328 g/mol. The quantitative estimate of drug-likeness (QED) is 0.828. The van der Waals surface area contributed by atoms with E-state index in [0.717, 1.165) is 41.4 Å². The molecule has 1 heterocycles. The van der Waals surface area contributed by atoms with Crippen molar-refractivity contribution in [3.63, 3.8) is 0 Å². The molecule has 1 saturated heterocycles. The zero-order chi connectivity index (χ0) is 18.5. The Kier molecular flexibility index (Phi) is 5.66. The lowest BCUT2D eigenvalue weighted by Gasteiger charge is -2.36. The van der Waals surface area contributed by atoms with Crippen LogP contribution in [0.1, 0.15) is 11.1 Å². The third-order valence-corrected chi connectivity index (χ3v) is 4.82. The van der Waals surface area contributed by atoms with E-state index >= 15 is 0 Å². The van der Waals surface area contributed by atoms with E-state index in [9.17, 15) is 4.79 Å². The molecule has 0 aliphatic carbocycles. The first-order valence-corrected chi connectivity index (χ1v) is 8.94. The van der Waals surface area contributed by atoms with Crippen LogP contribution in [0.25, 0.3) is 0 Å². The third-order valence-electron chi connectivity index (χ3n) is 4.82. The number of rotatable bonds is 5. The van der Waals surface area contributed by atoms with E-state index in [0.29, 0.717) is 13.1 Å². The van der Waals surface area contributed by atoms with Gasteiger partial charge in [0, 0.05) is 31.9 Å². The number of para-hydroxylation sites is 1. The number of aryl methyl sites for hydroxylation is 2. The second kappa shape index (κ2) is 8.13. The summed E-state index contributed by atoms with van der Waals surface area (Å²) < 4.78 is 11.0. The van der Waals surface area contributed by atoms with Crippen LogP contribution in [0.5, 0.6) is 11.5 Å². The summed E-state index contributed by atoms with van der Waals surface area (Å²) in [4.78, 5) is 16.7. The maximum Gasteiger partial charge on any atom is 0.260 e. The molecule has 0 unspecified atom stereocenters. The van der Waals surface area contributed by atoms with Crippen molar-refractivity contribution in [3.8, 4) is 11.5 Å². The zero-order valence-electron chi connectivity index (χ0n) is 15.7. The number of anilines is 1. The van der Waals surface area contributed by atoms with Crippen molar-refractivity contribution in [2.45, 2.75) is 13.8 Å². The fourth-order valence-corrected chi connectivity index (χ4v) is 3.26. The molecule has 0 radical (unpaired) electrons. The summed E-state index contributed by atoms with van der Waals surface area (Å²) in [6, 6.07) is 14.0. The maximum absolute atomic E-state index is 12.5. The van der Waals surface area contributed by atoms with Crippen molar-refractivity contribution >= 4 is 11.6 Å². The van der Waals surface area contributed by atoms with Gasteiger partial charge in [0.25, 0.3) is 5.91 Å². The smallest absolute Gasteiger partial charge is 0.260 e. The lowest BCUT2D eigenvalue weighted by molar-refractivity contribution is -0.133. The highest BCUT2D eigenvalue weighted by atomic mass is 16.5.